The van der Waals surface area contributed by atoms with Crippen molar-refractivity contribution in [3.63, 3.8) is 0 Å². The fourth-order valence-corrected chi connectivity index (χ4v) is 3.11. The normalized spacial score (nSPS) is 18.9. The first-order chi connectivity index (χ1) is 9.25. The second-order valence-corrected chi connectivity index (χ2v) is 5.76. The zero-order valence-electron chi connectivity index (χ0n) is 10.6. The molecule has 0 radical (unpaired) electrons. The van der Waals surface area contributed by atoms with E-state index in [1.54, 1.807) is 0 Å². The van der Waals surface area contributed by atoms with Gasteiger partial charge in [0.05, 0.1) is 6.10 Å². The number of hydrogen-bond acceptors (Lipinski definition) is 2. The van der Waals surface area contributed by atoms with Crippen LogP contribution in [0, 0.1) is 0 Å². The van der Waals surface area contributed by atoms with Gasteiger partial charge < -0.3 is 4.74 Å². The van der Waals surface area contributed by atoms with Gasteiger partial charge in [0.15, 0.2) is 5.78 Å². The monoisotopic (exact) mass is 318 g/mol. The van der Waals surface area contributed by atoms with Gasteiger partial charge in [-0.1, -0.05) is 40.2 Å². The molecule has 3 rings (SSSR count). The van der Waals surface area contributed by atoms with Crippen molar-refractivity contribution in [2.45, 2.75) is 25.4 Å². The minimum absolute atomic E-state index is 0.106. The highest BCUT2D eigenvalue weighted by molar-refractivity contribution is 9.10. The zero-order chi connectivity index (χ0) is 13.2. The number of fused-ring (bicyclic) bond motifs is 1. The van der Waals surface area contributed by atoms with Gasteiger partial charge in [0.25, 0.3) is 0 Å². The van der Waals surface area contributed by atoms with Crippen molar-refractivity contribution in [1.82, 2.24) is 0 Å². The maximum atomic E-state index is 12.4. The quantitative estimate of drug-likeness (QED) is 0.786. The van der Waals surface area contributed by atoms with Gasteiger partial charge in [-0.25, -0.2) is 0 Å². The standard InChI is InChI=1S/C16H15BrO2/c17-15-8-7-14(12-5-1-2-6-13(12)15)16(18)10-11-4-3-9-19-11/h1-2,5-8,11H,3-4,9-10H2. The molecule has 0 aromatic heterocycles. The molecule has 0 amide bonds. The third kappa shape index (κ3) is 2.58. The Morgan fingerprint density at radius 3 is 2.74 bits per heavy atom. The van der Waals surface area contributed by atoms with Crippen LogP contribution in [-0.2, 0) is 4.74 Å². The number of carbonyl (C=O) groups is 1. The molecule has 19 heavy (non-hydrogen) atoms. The third-order valence-electron chi connectivity index (χ3n) is 3.61. The lowest BCUT2D eigenvalue weighted by Crippen LogP contribution is -2.12. The second kappa shape index (κ2) is 5.43. The molecule has 1 atom stereocenters. The first-order valence-electron chi connectivity index (χ1n) is 6.58. The molecule has 0 N–H and O–H groups in total. The van der Waals surface area contributed by atoms with E-state index in [0.29, 0.717) is 6.42 Å². The maximum absolute atomic E-state index is 12.4. The maximum Gasteiger partial charge on any atom is 0.166 e. The molecule has 0 aliphatic carbocycles. The molecule has 1 aliphatic heterocycles. The third-order valence-corrected chi connectivity index (χ3v) is 4.30. The van der Waals surface area contributed by atoms with Crippen LogP contribution >= 0.6 is 15.9 Å². The highest BCUT2D eigenvalue weighted by Gasteiger charge is 2.21. The lowest BCUT2D eigenvalue weighted by Gasteiger charge is -2.11. The van der Waals surface area contributed by atoms with Gasteiger partial charge in [-0.2, -0.15) is 0 Å². The van der Waals surface area contributed by atoms with Gasteiger partial charge in [-0.15, -0.1) is 0 Å². The number of ether oxygens (including phenoxy) is 1. The van der Waals surface area contributed by atoms with E-state index in [4.69, 9.17) is 4.74 Å². The predicted octanol–water partition coefficient (Wildman–Crippen LogP) is 4.35. The van der Waals surface area contributed by atoms with Crippen molar-refractivity contribution in [2.24, 2.45) is 0 Å². The van der Waals surface area contributed by atoms with E-state index in [2.05, 4.69) is 15.9 Å². The molecule has 0 saturated carbocycles. The molecule has 98 valence electrons. The highest BCUT2D eigenvalue weighted by atomic mass is 79.9. The van der Waals surface area contributed by atoms with Crippen molar-refractivity contribution >= 4 is 32.5 Å². The number of benzene rings is 2. The number of rotatable bonds is 3. The van der Waals surface area contributed by atoms with Crippen LogP contribution in [0.5, 0.6) is 0 Å². The largest absolute Gasteiger partial charge is 0.378 e. The summed E-state index contributed by atoms with van der Waals surface area (Å²) in [4.78, 5) is 12.4. The molecule has 1 unspecified atom stereocenters. The summed E-state index contributed by atoms with van der Waals surface area (Å²) in [6.07, 6.45) is 2.67. The van der Waals surface area contributed by atoms with E-state index in [1.807, 2.05) is 36.4 Å². The van der Waals surface area contributed by atoms with Crippen molar-refractivity contribution in [2.75, 3.05) is 6.61 Å². The van der Waals surface area contributed by atoms with Crippen LogP contribution in [0.1, 0.15) is 29.6 Å². The Morgan fingerprint density at radius 1 is 1.21 bits per heavy atom. The Morgan fingerprint density at radius 2 is 2.00 bits per heavy atom. The lowest BCUT2D eigenvalue weighted by atomic mass is 9.98. The number of halogens is 1. The summed E-state index contributed by atoms with van der Waals surface area (Å²) >= 11 is 3.53. The minimum atomic E-state index is 0.106. The van der Waals surface area contributed by atoms with E-state index < -0.39 is 0 Å². The molecule has 1 fully saturated rings. The summed E-state index contributed by atoms with van der Waals surface area (Å²) in [6, 6.07) is 11.8. The van der Waals surface area contributed by atoms with E-state index >= 15 is 0 Å². The molecule has 0 bridgehead atoms. The summed E-state index contributed by atoms with van der Waals surface area (Å²) in [7, 11) is 0. The van der Waals surface area contributed by atoms with Gasteiger partial charge in [-0.3, -0.25) is 4.79 Å². The highest BCUT2D eigenvalue weighted by Crippen LogP contribution is 2.28. The Balaban J connectivity index is 1.95. The van der Waals surface area contributed by atoms with Crippen LogP contribution in [0.3, 0.4) is 0 Å². The summed E-state index contributed by atoms with van der Waals surface area (Å²) in [5.74, 6) is 0.176. The van der Waals surface area contributed by atoms with Gasteiger partial charge in [0.1, 0.15) is 0 Å². The molecule has 3 heteroatoms. The van der Waals surface area contributed by atoms with E-state index in [9.17, 15) is 4.79 Å². The summed E-state index contributed by atoms with van der Waals surface area (Å²) in [6.45, 7) is 0.791. The Hall–Kier alpha value is -1.19. The first-order valence-corrected chi connectivity index (χ1v) is 7.37. The first kappa shape index (κ1) is 12.8. The van der Waals surface area contributed by atoms with E-state index in [-0.39, 0.29) is 11.9 Å². The van der Waals surface area contributed by atoms with Crippen LogP contribution in [0.4, 0.5) is 0 Å². The Kier molecular flexibility index (Phi) is 3.67. The van der Waals surface area contributed by atoms with Crippen molar-refractivity contribution in [3.05, 3.63) is 46.4 Å². The topological polar surface area (TPSA) is 26.3 Å². The van der Waals surface area contributed by atoms with Gasteiger partial charge in [-0.05, 0) is 35.7 Å². The lowest BCUT2D eigenvalue weighted by molar-refractivity contribution is 0.0777. The molecule has 2 aromatic carbocycles. The average molecular weight is 319 g/mol. The molecule has 2 aromatic rings. The summed E-state index contributed by atoms with van der Waals surface area (Å²) in [5, 5.41) is 2.10. The molecule has 1 heterocycles. The predicted molar refractivity (Wildman–Crippen MR) is 79.6 cm³/mol. The SMILES string of the molecule is O=C(CC1CCCO1)c1ccc(Br)c2ccccc12. The average Bonchev–Trinajstić information content (AvgIpc) is 2.92. The summed E-state index contributed by atoms with van der Waals surface area (Å²) < 4.78 is 6.58. The smallest absolute Gasteiger partial charge is 0.166 e. The second-order valence-electron chi connectivity index (χ2n) is 4.90. The van der Waals surface area contributed by atoms with Crippen molar-refractivity contribution < 1.29 is 9.53 Å². The molecule has 1 saturated heterocycles. The van der Waals surface area contributed by atoms with Crippen LogP contribution in [0.2, 0.25) is 0 Å². The molecular formula is C16H15BrO2. The number of hydrogen-bond donors (Lipinski definition) is 0. The van der Waals surface area contributed by atoms with Crippen LogP contribution < -0.4 is 0 Å². The number of Topliss-reactive ketones (excluding diaryl/α,β-unsaturated/α-hetero) is 1. The van der Waals surface area contributed by atoms with Crippen LogP contribution in [0.15, 0.2) is 40.9 Å². The van der Waals surface area contributed by atoms with Crippen LogP contribution in [-0.4, -0.2) is 18.5 Å². The van der Waals surface area contributed by atoms with E-state index in [1.165, 1.54) is 0 Å². The zero-order valence-corrected chi connectivity index (χ0v) is 12.2. The summed E-state index contributed by atoms with van der Waals surface area (Å²) in [5.41, 5.74) is 0.800. The molecule has 1 aliphatic rings. The van der Waals surface area contributed by atoms with E-state index in [0.717, 1.165) is 40.3 Å². The minimum Gasteiger partial charge on any atom is -0.378 e. The molecular weight excluding hydrogens is 304 g/mol. The fourth-order valence-electron chi connectivity index (χ4n) is 2.63. The van der Waals surface area contributed by atoms with Gasteiger partial charge >= 0.3 is 0 Å². The fraction of sp³-hybridized carbons (Fsp3) is 0.312. The van der Waals surface area contributed by atoms with Gasteiger partial charge in [0.2, 0.25) is 0 Å². The van der Waals surface area contributed by atoms with Gasteiger partial charge in [0, 0.05) is 23.1 Å². The van der Waals surface area contributed by atoms with Crippen molar-refractivity contribution in [1.29, 1.82) is 0 Å². The van der Waals surface area contributed by atoms with Crippen LogP contribution in [0.25, 0.3) is 10.8 Å². The Bertz CT molecular complexity index is 615. The number of ketones is 1. The molecule has 0 spiro atoms. The number of carbonyl (C=O) groups excluding carboxylic acids is 1. The molecule has 2 nitrogen and oxygen atoms in total. The Labute approximate surface area is 120 Å². The van der Waals surface area contributed by atoms with Crippen molar-refractivity contribution in [3.8, 4) is 0 Å².